The molecule has 0 bridgehead atoms. The van der Waals surface area contributed by atoms with E-state index < -0.39 is 0 Å². The lowest BCUT2D eigenvalue weighted by Gasteiger charge is -1.91. The second kappa shape index (κ2) is 2.69. The lowest BCUT2D eigenvalue weighted by Crippen LogP contribution is -1.69. The molecule has 0 aliphatic rings. The van der Waals surface area contributed by atoms with Crippen LogP contribution in [0.5, 0.6) is 0 Å². The highest BCUT2D eigenvalue weighted by atomic mass is 79.9. The average Bonchev–Trinajstić information content (AvgIpc) is 2.31. The number of nitrogens with zero attached hydrogens (tertiary/aromatic N) is 1. The van der Waals surface area contributed by atoms with Crippen LogP contribution in [0.25, 0.3) is 10.2 Å². The molecule has 0 spiro atoms. The van der Waals surface area contributed by atoms with Crippen molar-refractivity contribution in [3.8, 4) is 0 Å². The van der Waals surface area contributed by atoms with E-state index in [0.717, 1.165) is 14.7 Å². The number of hydrogen-bond acceptors (Lipinski definition) is 3. The summed E-state index contributed by atoms with van der Waals surface area (Å²) in [4.78, 5) is 4.20. The number of thiazole rings is 1. The topological polar surface area (TPSA) is 12.9 Å². The maximum absolute atomic E-state index is 4.96. The highest BCUT2D eigenvalue weighted by Crippen LogP contribution is 2.27. The van der Waals surface area contributed by atoms with Crippen molar-refractivity contribution in [3.05, 3.63) is 22.7 Å². The van der Waals surface area contributed by atoms with E-state index >= 15 is 0 Å². The molecule has 0 aliphatic heterocycles. The predicted molar refractivity (Wildman–Crippen MR) is 53.0 cm³/mol. The van der Waals surface area contributed by atoms with E-state index in [4.69, 9.17) is 12.6 Å². The Morgan fingerprint density at radius 2 is 2.27 bits per heavy atom. The maximum Gasteiger partial charge on any atom is 0.0742 e. The molecule has 2 rings (SSSR count). The van der Waals surface area contributed by atoms with Crippen LogP contribution in [0.15, 0.2) is 27.0 Å². The lowest BCUT2D eigenvalue weighted by atomic mass is 10.3. The molecular formula is C7H3BrNS2-. The van der Waals surface area contributed by atoms with E-state index in [1.807, 2.05) is 18.2 Å². The first-order valence-corrected chi connectivity index (χ1v) is 5.01. The minimum absolute atomic E-state index is 0.701. The van der Waals surface area contributed by atoms with E-state index in [1.54, 1.807) is 0 Å². The van der Waals surface area contributed by atoms with Crippen LogP contribution in [0, 0.1) is 0 Å². The summed E-state index contributed by atoms with van der Waals surface area (Å²) >= 11 is 9.91. The summed E-state index contributed by atoms with van der Waals surface area (Å²) in [5, 5.41) is 0. The van der Waals surface area contributed by atoms with Crippen LogP contribution in [0.1, 0.15) is 0 Å². The SMILES string of the molecule is [S-]c1nc2c(Br)cccc2s1. The van der Waals surface area contributed by atoms with Gasteiger partial charge in [0, 0.05) is 4.47 Å². The number of rotatable bonds is 0. The van der Waals surface area contributed by atoms with Crippen molar-refractivity contribution in [3.63, 3.8) is 0 Å². The predicted octanol–water partition coefficient (Wildman–Crippen LogP) is 2.96. The summed E-state index contributed by atoms with van der Waals surface area (Å²) in [7, 11) is 0. The fraction of sp³-hybridized carbons (Fsp3) is 0. The fourth-order valence-electron chi connectivity index (χ4n) is 0.895. The van der Waals surface area contributed by atoms with Crippen molar-refractivity contribution in [1.82, 2.24) is 4.98 Å². The van der Waals surface area contributed by atoms with Crippen LogP contribution in [0.2, 0.25) is 0 Å². The van der Waals surface area contributed by atoms with Gasteiger partial charge < -0.3 is 24.0 Å². The number of hydrogen-bond donors (Lipinski definition) is 0. The third kappa shape index (κ3) is 1.26. The van der Waals surface area contributed by atoms with Gasteiger partial charge in [0.2, 0.25) is 0 Å². The molecule has 2 aromatic rings. The minimum Gasteiger partial charge on any atom is -0.408 e. The molecule has 1 aromatic carbocycles. The van der Waals surface area contributed by atoms with E-state index in [2.05, 4.69) is 20.9 Å². The smallest absolute Gasteiger partial charge is 0.0742 e. The minimum atomic E-state index is 0.701. The molecule has 0 saturated heterocycles. The Hall–Kier alpha value is -0.190. The van der Waals surface area contributed by atoms with Gasteiger partial charge in [0.1, 0.15) is 0 Å². The standard InChI is InChI=1S/C7H4BrNS2/c8-4-2-1-3-5-6(4)9-7(10)11-5/h1-3H,(H,9,10)/p-1. The molecule has 0 saturated carbocycles. The van der Waals surface area contributed by atoms with Crippen LogP contribution in [0.4, 0.5) is 0 Å². The number of aromatic nitrogens is 1. The normalized spacial score (nSPS) is 10.6. The average molecular weight is 245 g/mol. The van der Waals surface area contributed by atoms with Crippen LogP contribution >= 0.6 is 27.3 Å². The van der Waals surface area contributed by atoms with E-state index in [-0.39, 0.29) is 0 Å². The monoisotopic (exact) mass is 244 g/mol. The Balaban J connectivity index is 2.90. The molecule has 0 N–H and O–H groups in total. The van der Waals surface area contributed by atoms with E-state index in [1.165, 1.54) is 11.3 Å². The summed E-state index contributed by atoms with van der Waals surface area (Å²) in [5.74, 6) is 0. The molecule has 1 nitrogen and oxygen atoms in total. The van der Waals surface area contributed by atoms with Crippen molar-refractivity contribution in [2.24, 2.45) is 0 Å². The van der Waals surface area contributed by atoms with Crippen LogP contribution < -0.4 is 0 Å². The van der Waals surface area contributed by atoms with Crippen molar-refractivity contribution in [2.45, 2.75) is 4.34 Å². The lowest BCUT2D eigenvalue weighted by molar-refractivity contribution is 1.31. The van der Waals surface area contributed by atoms with Gasteiger partial charge in [-0.2, -0.15) is 0 Å². The van der Waals surface area contributed by atoms with E-state index in [0.29, 0.717) is 4.34 Å². The highest BCUT2D eigenvalue weighted by molar-refractivity contribution is 9.10. The largest absolute Gasteiger partial charge is 0.408 e. The molecule has 56 valence electrons. The Morgan fingerprint density at radius 3 is 3.00 bits per heavy atom. The number of benzene rings is 1. The van der Waals surface area contributed by atoms with Gasteiger partial charge in [-0.1, -0.05) is 12.1 Å². The van der Waals surface area contributed by atoms with Gasteiger partial charge in [0.05, 0.1) is 5.52 Å². The maximum atomic E-state index is 4.96. The molecule has 0 radical (unpaired) electrons. The van der Waals surface area contributed by atoms with Gasteiger partial charge in [-0.05, 0) is 31.0 Å². The Kier molecular flexibility index (Phi) is 1.83. The molecule has 0 atom stereocenters. The Bertz CT molecular complexity index is 396. The summed E-state index contributed by atoms with van der Waals surface area (Å²) in [6.07, 6.45) is 0. The second-order valence-corrected chi connectivity index (χ2v) is 4.60. The molecule has 0 aliphatic carbocycles. The molecule has 0 amide bonds. The first-order valence-electron chi connectivity index (χ1n) is 2.99. The first kappa shape index (κ1) is 7.46. The molecule has 1 heterocycles. The van der Waals surface area contributed by atoms with Gasteiger partial charge in [-0.15, -0.1) is 0 Å². The third-order valence-corrected chi connectivity index (χ3v) is 3.15. The van der Waals surface area contributed by atoms with Crippen molar-refractivity contribution >= 4 is 50.1 Å². The molecular weight excluding hydrogens is 242 g/mol. The molecule has 0 unspecified atom stereocenters. The highest BCUT2D eigenvalue weighted by Gasteiger charge is 1.95. The summed E-state index contributed by atoms with van der Waals surface area (Å²) in [5.41, 5.74) is 0.975. The number of para-hydroxylation sites is 1. The quantitative estimate of drug-likeness (QED) is 0.662. The Morgan fingerprint density at radius 1 is 1.45 bits per heavy atom. The first-order chi connectivity index (χ1) is 5.27. The van der Waals surface area contributed by atoms with Crippen LogP contribution in [-0.2, 0) is 12.6 Å². The summed E-state index contributed by atoms with van der Waals surface area (Å²) < 4.78 is 2.86. The van der Waals surface area contributed by atoms with Crippen LogP contribution in [-0.4, -0.2) is 4.98 Å². The third-order valence-electron chi connectivity index (χ3n) is 1.35. The van der Waals surface area contributed by atoms with E-state index in [9.17, 15) is 0 Å². The molecule has 4 heteroatoms. The zero-order valence-corrected chi connectivity index (χ0v) is 8.59. The van der Waals surface area contributed by atoms with Gasteiger partial charge in [0.15, 0.2) is 0 Å². The van der Waals surface area contributed by atoms with Crippen LogP contribution in [0.3, 0.4) is 0 Å². The fourth-order valence-corrected chi connectivity index (χ4v) is 2.57. The van der Waals surface area contributed by atoms with Crippen molar-refractivity contribution < 1.29 is 0 Å². The zero-order chi connectivity index (χ0) is 7.84. The Labute approximate surface area is 82.0 Å². The van der Waals surface area contributed by atoms with Crippen molar-refractivity contribution in [1.29, 1.82) is 0 Å². The molecule has 11 heavy (non-hydrogen) atoms. The molecule has 1 aromatic heterocycles. The van der Waals surface area contributed by atoms with Gasteiger partial charge >= 0.3 is 0 Å². The summed E-state index contributed by atoms with van der Waals surface area (Å²) in [6, 6.07) is 5.98. The number of fused-ring (bicyclic) bond motifs is 1. The number of halogens is 1. The van der Waals surface area contributed by atoms with Gasteiger partial charge in [-0.25, -0.2) is 0 Å². The zero-order valence-electron chi connectivity index (χ0n) is 5.37. The van der Waals surface area contributed by atoms with Crippen molar-refractivity contribution in [2.75, 3.05) is 0 Å². The second-order valence-electron chi connectivity index (χ2n) is 2.07. The summed E-state index contributed by atoms with van der Waals surface area (Å²) in [6.45, 7) is 0. The van der Waals surface area contributed by atoms with Gasteiger partial charge in [0.25, 0.3) is 0 Å². The molecule has 0 fully saturated rings. The van der Waals surface area contributed by atoms with Gasteiger partial charge in [-0.3, -0.25) is 4.98 Å².